The van der Waals surface area contributed by atoms with Crippen LogP contribution in [0.2, 0.25) is 0 Å². The molecule has 1 fully saturated rings. The van der Waals surface area contributed by atoms with E-state index >= 15 is 0 Å². The summed E-state index contributed by atoms with van der Waals surface area (Å²) < 4.78 is 0.543. The lowest BCUT2D eigenvalue weighted by atomic mass is 10.1. The van der Waals surface area contributed by atoms with Gasteiger partial charge in [-0.2, -0.15) is 0 Å². The third-order valence-electron chi connectivity index (χ3n) is 1.18. The minimum atomic E-state index is 0.543. The Morgan fingerprint density at radius 1 is 1.50 bits per heavy atom. The van der Waals surface area contributed by atoms with Gasteiger partial charge < -0.3 is 5.32 Å². The summed E-state index contributed by atoms with van der Waals surface area (Å²) in [7, 11) is 0. The minimum Gasteiger partial charge on any atom is -0.371 e. The van der Waals surface area contributed by atoms with Crippen molar-refractivity contribution in [1.29, 1.82) is 0 Å². The number of hydrogen-bond acceptors (Lipinski definition) is 1. The largest absolute Gasteiger partial charge is 0.371 e. The van der Waals surface area contributed by atoms with Crippen LogP contribution in [0.15, 0.2) is 0 Å². The zero-order chi connectivity index (χ0) is 7.40. The van der Waals surface area contributed by atoms with Crippen LogP contribution in [-0.2, 0) is 0 Å². The molecule has 1 saturated carbocycles. The minimum absolute atomic E-state index is 0.543. The molecule has 0 spiro atoms. The molecular formula is C7H8NS2. The molecule has 0 unspecified atom stereocenters. The highest BCUT2D eigenvalue weighted by Gasteiger charge is 2.15. The molecule has 0 aliphatic heterocycles. The highest BCUT2D eigenvalue weighted by molar-refractivity contribution is 8.11. The predicted octanol–water partition coefficient (Wildman–Crippen LogP) is 1.20. The molecule has 1 rings (SSSR count). The van der Waals surface area contributed by atoms with Crippen molar-refractivity contribution in [2.45, 2.75) is 0 Å². The Kier molecular flexibility index (Phi) is 3.49. The van der Waals surface area contributed by atoms with Crippen molar-refractivity contribution in [2.24, 2.45) is 0 Å². The fraction of sp³-hybridized carbons (Fsp3) is 0.143. The summed E-state index contributed by atoms with van der Waals surface area (Å²) in [6.07, 6.45) is 8.08. The van der Waals surface area contributed by atoms with E-state index in [9.17, 15) is 0 Å². The van der Waals surface area contributed by atoms with Crippen LogP contribution in [0.5, 0.6) is 0 Å². The number of nitrogens with one attached hydrogen (secondary N) is 1. The van der Waals surface area contributed by atoms with Crippen LogP contribution in [0, 0.1) is 31.6 Å². The Hall–Kier alpha value is 0.240. The maximum atomic E-state index is 4.72. The van der Waals surface area contributed by atoms with Crippen LogP contribution < -0.4 is 5.32 Å². The monoisotopic (exact) mass is 170 g/mol. The Labute approximate surface area is 73.0 Å². The van der Waals surface area contributed by atoms with E-state index in [0.717, 1.165) is 6.54 Å². The average molecular weight is 170 g/mol. The molecule has 1 N–H and O–H groups in total. The Morgan fingerprint density at radius 2 is 2.10 bits per heavy atom. The fourth-order valence-electron chi connectivity index (χ4n) is 0.709. The van der Waals surface area contributed by atoms with E-state index in [1.165, 1.54) is 5.92 Å². The summed E-state index contributed by atoms with van der Waals surface area (Å²) >= 11 is 8.65. The first-order chi connectivity index (χ1) is 4.79. The van der Waals surface area contributed by atoms with Crippen molar-refractivity contribution in [3.05, 3.63) is 31.6 Å². The van der Waals surface area contributed by atoms with Gasteiger partial charge in [-0.3, -0.25) is 0 Å². The van der Waals surface area contributed by atoms with Crippen LogP contribution in [0.1, 0.15) is 0 Å². The van der Waals surface area contributed by atoms with E-state index in [0.29, 0.717) is 4.32 Å². The number of hydrogen-bond donors (Lipinski definition) is 2. The molecule has 1 nitrogen and oxygen atoms in total. The van der Waals surface area contributed by atoms with E-state index in [4.69, 9.17) is 12.2 Å². The van der Waals surface area contributed by atoms with E-state index in [1.54, 1.807) is 0 Å². The summed E-state index contributed by atoms with van der Waals surface area (Å²) in [4.78, 5) is 0. The zero-order valence-corrected chi connectivity index (χ0v) is 7.08. The fourth-order valence-corrected chi connectivity index (χ4v) is 0.861. The SMILES string of the molecule is S=C(S)NC[C]1[CH][CH][CH][CH]1. The van der Waals surface area contributed by atoms with Gasteiger partial charge in [-0.25, -0.2) is 0 Å². The smallest absolute Gasteiger partial charge is 0.130 e. The Balaban J connectivity index is 2.07. The molecule has 53 valence electrons. The normalized spacial score (nSPS) is 19.3. The van der Waals surface area contributed by atoms with Gasteiger partial charge in [-0.1, -0.05) is 12.2 Å². The Morgan fingerprint density at radius 3 is 2.60 bits per heavy atom. The maximum absolute atomic E-state index is 4.72. The summed E-state index contributed by atoms with van der Waals surface area (Å²) in [5.74, 6) is 1.23. The van der Waals surface area contributed by atoms with Gasteiger partial charge in [0.05, 0.1) is 0 Å². The van der Waals surface area contributed by atoms with Crippen molar-refractivity contribution < 1.29 is 0 Å². The van der Waals surface area contributed by atoms with Crippen molar-refractivity contribution >= 4 is 29.2 Å². The van der Waals surface area contributed by atoms with Gasteiger partial charge >= 0.3 is 0 Å². The van der Waals surface area contributed by atoms with Crippen molar-refractivity contribution in [3.63, 3.8) is 0 Å². The molecule has 1 aliphatic carbocycles. The predicted molar refractivity (Wildman–Crippen MR) is 50.0 cm³/mol. The van der Waals surface area contributed by atoms with E-state index in [1.807, 2.05) is 25.7 Å². The first kappa shape index (κ1) is 8.34. The lowest BCUT2D eigenvalue weighted by Crippen LogP contribution is -2.22. The number of thiocarbonyl (C=S) groups is 1. The molecule has 0 atom stereocenters. The van der Waals surface area contributed by atoms with E-state index in [-0.39, 0.29) is 0 Å². The second kappa shape index (κ2) is 4.19. The first-order valence-electron chi connectivity index (χ1n) is 2.96. The lowest BCUT2D eigenvalue weighted by Gasteiger charge is -2.07. The van der Waals surface area contributed by atoms with Crippen molar-refractivity contribution in [3.8, 4) is 0 Å². The van der Waals surface area contributed by atoms with E-state index < -0.39 is 0 Å². The van der Waals surface area contributed by atoms with E-state index in [2.05, 4.69) is 17.9 Å². The molecule has 0 aromatic heterocycles. The molecule has 0 saturated heterocycles. The first-order valence-corrected chi connectivity index (χ1v) is 3.82. The highest BCUT2D eigenvalue weighted by atomic mass is 32.1. The molecule has 5 radical (unpaired) electrons. The van der Waals surface area contributed by atoms with Gasteiger partial charge in [0.2, 0.25) is 0 Å². The summed E-state index contributed by atoms with van der Waals surface area (Å²) in [6.45, 7) is 0.773. The topological polar surface area (TPSA) is 12.0 Å². The van der Waals surface area contributed by atoms with Crippen molar-refractivity contribution in [2.75, 3.05) is 6.54 Å². The second-order valence-corrected chi connectivity index (χ2v) is 3.11. The van der Waals surface area contributed by atoms with Crippen LogP contribution in [0.25, 0.3) is 0 Å². The zero-order valence-electron chi connectivity index (χ0n) is 5.37. The summed E-state index contributed by atoms with van der Waals surface area (Å²) in [5.41, 5.74) is 0. The highest BCUT2D eigenvalue weighted by Crippen LogP contribution is 2.21. The standard InChI is InChI=1S/C7H8NS2/c9-7(10)8-5-6-3-1-2-4-6/h1-4H,5H2,(H2,8,9,10). The molecule has 1 aliphatic rings. The molecule has 10 heavy (non-hydrogen) atoms. The molecule has 0 aromatic rings. The van der Waals surface area contributed by atoms with Crippen LogP contribution in [-0.4, -0.2) is 10.9 Å². The van der Waals surface area contributed by atoms with Gasteiger partial charge in [0.25, 0.3) is 0 Å². The number of thiol groups is 1. The number of rotatable bonds is 2. The third kappa shape index (κ3) is 2.88. The Bertz CT molecular complexity index is 119. The van der Waals surface area contributed by atoms with Crippen LogP contribution in [0.3, 0.4) is 0 Å². The second-order valence-electron chi connectivity index (χ2n) is 1.95. The summed E-state index contributed by atoms with van der Waals surface area (Å²) in [5, 5.41) is 2.94. The van der Waals surface area contributed by atoms with Gasteiger partial charge in [0, 0.05) is 12.5 Å². The molecule has 0 amide bonds. The van der Waals surface area contributed by atoms with Crippen molar-refractivity contribution in [1.82, 2.24) is 5.32 Å². The molecular weight excluding hydrogens is 162 g/mol. The van der Waals surface area contributed by atoms with Gasteiger partial charge in [-0.15, -0.1) is 12.6 Å². The van der Waals surface area contributed by atoms with Gasteiger partial charge in [-0.05, 0) is 25.7 Å². The quantitative estimate of drug-likeness (QED) is 0.477. The van der Waals surface area contributed by atoms with Gasteiger partial charge in [0.1, 0.15) is 4.32 Å². The third-order valence-corrected chi connectivity index (χ3v) is 1.48. The van der Waals surface area contributed by atoms with Gasteiger partial charge in [0.15, 0.2) is 0 Å². The maximum Gasteiger partial charge on any atom is 0.130 e. The van der Waals surface area contributed by atoms with Crippen LogP contribution >= 0.6 is 24.8 Å². The van der Waals surface area contributed by atoms with Crippen LogP contribution in [0.4, 0.5) is 0 Å². The molecule has 0 bridgehead atoms. The molecule has 0 heterocycles. The molecule has 3 heteroatoms. The average Bonchev–Trinajstić information content (AvgIpc) is 2.34. The lowest BCUT2D eigenvalue weighted by molar-refractivity contribution is 0.947. The summed E-state index contributed by atoms with van der Waals surface area (Å²) in [6, 6.07) is 0. The molecule has 0 aromatic carbocycles.